The molecule has 2 aromatic carbocycles. The number of rotatable bonds is 7. The van der Waals surface area contributed by atoms with E-state index in [1.54, 1.807) is 17.9 Å². The highest BCUT2D eigenvalue weighted by atomic mass is 16.5. The average Bonchev–Trinajstić information content (AvgIpc) is 3.44. The molecule has 0 aliphatic carbocycles. The van der Waals surface area contributed by atoms with E-state index in [0.717, 1.165) is 18.8 Å². The summed E-state index contributed by atoms with van der Waals surface area (Å²) in [6, 6.07) is 16.0. The van der Waals surface area contributed by atoms with E-state index in [-0.39, 0.29) is 11.3 Å². The van der Waals surface area contributed by atoms with Crippen LogP contribution in [0.5, 0.6) is 5.75 Å². The molecule has 1 N–H and O–H groups in total. The molecule has 2 aliphatic rings. The molecule has 37 heavy (non-hydrogen) atoms. The molecule has 1 amide bonds. The lowest BCUT2D eigenvalue weighted by Crippen LogP contribution is -2.42. The number of likely N-dealkylation sites (tertiary alicyclic amines) is 1. The van der Waals surface area contributed by atoms with E-state index >= 15 is 0 Å². The van der Waals surface area contributed by atoms with E-state index in [0.29, 0.717) is 48.9 Å². The normalized spacial score (nSPS) is 19.9. The Morgan fingerprint density at radius 2 is 1.76 bits per heavy atom. The third-order valence-corrected chi connectivity index (χ3v) is 7.00. The predicted molar refractivity (Wildman–Crippen MR) is 138 cm³/mol. The first-order chi connectivity index (χ1) is 18.0. The maximum Gasteiger partial charge on any atom is 0.295 e. The van der Waals surface area contributed by atoms with Gasteiger partial charge in [-0.05, 0) is 25.1 Å². The molecule has 1 aromatic heterocycles. The zero-order chi connectivity index (χ0) is 25.9. The second kappa shape index (κ2) is 10.6. The van der Waals surface area contributed by atoms with Gasteiger partial charge in [0.2, 0.25) is 0 Å². The molecule has 2 aliphatic heterocycles. The van der Waals surface area contributed by atoms with Crippen molar-refractivity contribution in [3.05, 3.63) is 83.2 Å². The molecule has 9 heteroatoms. The molecule has 0 saturated carbocycles. The van der Waals surface area contributed by atoms with Crippen molar-refractivity contribution in [2.75, 3.05) is 46.5 Å². The van der Waals surface area contributed by atoms with Crippen LogP contribution in [0.25, 0.3) is 11.4 Å². The van der Waals surface area contributed by atoms with Gasteiger partial charge in [0, 0.05) is 31.7 Å². The van der Waals surface area contributed by atoms with Gasteiger partial charge in [0.25, 0.3) is 11.7 Å². The van der Waals surface area contributed by atoms with Crippen LogP contribution in [0, 0.1) is 6.92 Å². The lowest BCUT2D eigenvalue weighted by molar-refractivity contribution is -0.140. The first-order valence-corrected chi connectivity index (χ1v) is 12.3. The maximum absolute atomic E-state index is 13.4. The lowest BCUT2D eigenvalue weighted by atomic mass is 9.94. The Labute approximate surface area is 215 Å². The molecular weight excluding hydrogens is 472 g/mol. The van der Waals surface area contributed by atoms with E-state index in [1.165, 1.54) is 11.1 Å². The minimum Gasteiger partial charge on any atom is -0.507 e. The maximum atomic E-state index is 13.4. The van der Waals surface area contributed by atoms with Crippen molar-refractivity contribution in [1.82, 2.24) is 19.6 Å². The number of hydrogen-bond acceptors (Lipinski definition) is 7. The Balaban J connectivity index is 1.58. The molecule has 3 heterocycles. The number of aliphatic hydroxyl groups excluding tert-OH is 1. The number of aromatic nitrogens is 2. The van der Waals surface area contributed by atoms with Crippen LogP contribution >= 0.6 is 0 Å². The number of morpholine rings is 1. The topological polar surface area (TPSA) is 97.1 Å². The van der Waals surface area contributed by atoms with Crippen LogP contribution in [0.15, 0.2) is 66.4 Å². The lowest BCUT2D eigenvalue weighted by Gasteiger charge is -2.31. The highest BCUT2D eigenvalue weighted by Crippen LogP contribution is 2.42. The van der Waals surface area contributed by atoms with E-state index in [4.69, 9.17) is 9.47 Å². The van der Waals surface area contributed by atoms with Crippen LogP contribution in [0.3, 0.4) is 0 Å². The number of ketones is 1. The summed E-state index contributed by atoms with van der Waals surface area (Å²) in [5.41, 5.74) is 2.55. The monoisotopic (exact) mass is 502 g/mol. The number of methoxy groups -OCH3 is 1. The fraction of sp³-hybridized carbons (Fsp3) is 0.321. The first kappa shape index (κ1) is 24.7. The number of aliphatic hydroxyl groups is 1. The van der Waals surface area contributed by atoms with Crippen molar-refractivity contribution in [3.63, 3.8) is 0 Å². The molecule has 0 radical (unpaired) electrons. The smallest absolute Gasteiger partial charge is 0.295 e. The average molecular weight is 503 g/mol. The van der Waals surface area contributed by atoms with Crippen LogP contribution in [0.4, 0.5) is 0 Å². The first-order valence-electron chi connectivity index (χ1n) is 12.3. The minimum absolute atomic E-state index is 0.0344. The van der Waals surface area contributed by atoms with Gasteiger partial charge < -0.3 is 19.5 Å². The summed E-state index contributed by atoms with van der Waals surface area (Å²) < 4.78 is 12.7. The summed E-state index contributed by atoms with van der Waals surface area (Å²) in [7, 11) is 1.55. The highest BCUT2D eigenvalue weighted by molar-refractivity contribution is 6.46. The molecular formula is C28H30N4O5. The molecule has 192 valence electrons. The fourth-order valence-electron chi connectivity index (χ4n) is 5.02. The molecule has 2 fully saturated rings. The van der Waals surface area contributed by atoms with Gasteiger partial charge in [0.05, 0.1) is 55.1 Å². The summed E-state index contributed by atoms with van der Waals surface area (Å²) in [6.45, 7) is 5.54. The number of carbonyl (C=O) groups excluding carboxylic acids is 2. The Hall–Kier alpha value is -3.95. The zero-order valence-electron chi connectivity index (χ0n) is 21.0. The number of hydrogen-bond donors (Lipinski definition) is 1. The molecule has 2 saturated heterocycles. The molecule has 3 aromatic rings. The predicted octanol–water partition coefficient (Wildman–Crippen LogP) is 2.94. The van der Waals surface area contributed by atoms with Gasteiger partial charge in [0.1, 0.15) is 11.5 Å². The van der Waals surface area contributed by atoms with Crippen LogP contribution in [0.2, 0.25) is 0 Å². The largest absolute Gasteiger partial charge is 0.507 e. The molecule has 0 unspecified atom stereocenters. The highest BCUT2D eigenvalue weighted by Gasteiger charge is 2.47. The number of amides is 1. The third-order valence-electron chi connectivity index (χ3n) is 7.00. The van der Waals surface area contributed by atoms with Crippen LogP contribution < -0.4 is 4.74 Å². The quantitative estimate of drug-likeness (QED) is 0.301. The summed E-state index contributed by atoms with van der Waals surface area (Å²) in [5.74, 6) is -1.07. The standard InChI is InChI=1S/C28H30N4O5/c1-19-22(18-29-32(19)20-8-4-3-5-9-20)26(33)24-25(21-10-6-7-11-23(21)36-2)31(28(35)27(24)34)13-12-30-14-16-37-17-15-30/h3-11,18,25,33H,12-17H2,1-2H3/t25-/m1/s1. The van der Waals surface area contributed by atoms with Crippen molar-refractivity contribution >= 4 is 17.4 Å². The van der Waals surface area contributed by atoms with Gasteiger partial charge in [-0.25, -0.2) is 4.68 Å². The molecule has 9 nitrogen and oxygen atoms in total. The van der Waals surface area contributed by atoms with Crippen molar-refractivity contribution in [3.8, 4) is 11.4 Å². The number of nitrogens with zero attached hydrogens (tertiary/aromatic N) is 4. The summed E-state index contributed by atoms with van der Waals surface area (Å²) >= 11 is 0. The molecule has 0 spiro atoms. The molecule has 0 bridgehead atoms. The van der Waals surface area contributed by atoms with E-state index in [2.05, 4.69) is 10.00 Å². The SMILES string of the molecule is COc1ccccc1[C@@H]1C(=C(O)c2cnn(-c3ccccc3)c2C)C(=O)C(=O)N1CCN1CCOCC1. The second-order valence-electron chi connectivity index (χ2n) is 9.08. The fourth-order valence-corrected chi connectivity index (χ4v) is 5.02. The van der Waals surface area contributed by atoms with Gasteiger partial charge in [-0.1, -0.05) is 36.4 Å². The Bertz CT molecular complexity index is 1330. The second-order valence-corrected chi connectivity index (χ2v) is 9.08. The third kappa shape index (κ3) is 4.63. The number of benzene rings is 2. The summed E-state index contributed by atoms with van der Waals surface area (Å²) in [6.07, 6.45) is 1.53. The number of para-hydroxylation sites is 2. The Kier molecular flexibility index (Phi) is 7.07. The molecule has 5 rings (SSSR count). The van der Waals surface area contributed by atoms with Gasteiger partial charge in [0.15, 0.2) is 0 Å². The van der Waals surface area contributed by atoms with Crippen LogP contribution in [0.1, 0.15) is 22.9 Å². The van der Waals surface area contributed by atoms with E-state index < -0.39 is 17.7 Å². The van der Waals surface area contributed by atoms with Crippen molar-refractivity contribution in [1.29, 1.82) is 0 Å². The zero-order valence-corrected chi connectivity index (χ0v) is 21.0. The van der Waals surface area contributed by atoms with Crippen molar-refractivity contribution in [2.45, 2.75) is 13.0 Å². The van der Waals surface area contributed by atoms with Gasteiger partial charge in [-0.2, -0.15) is 5.10 Å². The Morgan fingerprint density at radius 3 is 2.49 bits per heavy atom. The van der Waals surface area contributed by atoms with Crippen molar-refractivity contribution < 1.29 is 24.2 Å². The van der Waals surface area contributed by atoms with Crippen molar-refractivity contribution in [2.24, 2.45) is 0 Å². The number of Topliss-reactive ketones (excluding diaryl/α,β-unsaturated/α-hetero) is 1. The number of ether oxygens (including phenoxy) is 2. The van der Waals surface area contributed by atoms with E-state index in [1.807, 2.05) is 55.5 Å². The van der Waals surface area contributed by atoms with E-state index in [9.17, 15) is 14.7 Å². The van der Waals surface area contributed by atoms with Crippen LogP contribution in [-0.2, 0) is 14.3 Å². The summed E-state index contributed by atoms with van der Waals surface area (Å²) in [4.78, 5) is 30.5. The van der Waals surface area contributed by atoms with Gasteiger partial charge in [-0.3, -0.25) is 14.5 Å². The number of carbonyl (C=O) groups is 2. The minimum atomic E-state index is -0.795. The van der Waals surface area contributed by atoms with Gasteiger partial charge >= 0.3 is 0 Å². The van der Waals surface area contributed by atoms with Crippen LogP contribution in [-0.4, -0.2) is 82.9 Å². The Morgan fingerprint density at radius 1 is 1.05 bits per heavy atom. The van der Waals surface area contributed by atoms with Gasteiger partial charge in [-0.15, -0.1) is 0 Å². The summed E-state index contributed by atoms with van der Waals surface area (Å²) in [5, 5.41) is 16.0. The molecule has 1 atom stereocenters.